The zero-order valence-corrected chi connectivity index (χ0v) is 14.9. The number of rotatable bonds is 6. The van der Waals surface area contributed by atoms with Crippen LogP contribution in [0.3, 0.4) is 0 Å². The number of nitriles is 1. The summed E-state index contributed by atoms with van der Waals surface area (Å²) in [6.45, 7) is 0. The zero-order chi connectivity index (χ0) is 20.7. The van der Waals surface area contributed by atoms with Gasteiger partial charge in [-0.05, 0) is 29.3 Å². The minimum Gasteiger partial charge on any atom is -0.467 e. The highest BCUT2D eigenvalue weighted by atomic mass is 19.4. The molecule has 0 radical (unpaired) electrons. The molecule has 0 aliphatic heterocycles. The first kappa shape index (κ1) is 21.0. The molecule has 5 nitrogen and oxygen atoms in total. The van der Waals surface area contributed by atoms with Gasteiger partial charge < -0.3 is 10.1 Å². The summed E-state index contributed by atoms with van der Waals surface area (Å²) >= 11 is 0. The number of alkyl halides is 3. The van der Waals surface area contributed by atoms with Crippen molar-refractivity contribution in [3.8, 4) is 6.07 Å². The predicted octanol–water partition coefficient (Wildman–Crippen LogP) is 3.02. The molecule has 0 aliphatic carbocycles. The van der Waals surface area contributed by atoms with E-state index in [1.807, 2.05) is 6.07 Å². The van der Waals surface area contributed by atoms with E-state index < -0.39 is 29.7 Å². The van der Waals surface area contributed by atoms with E-state index in [9.17, 15) is 22.8 Å². The SMILES string of the molecule is COC(=O)[C@@H](Cc1ccccc1C#N)NC(=O)Cc1ccc(C(F)(F)F)cc1. The molecule has 0 unspecified atom stereocenters. The molecular weight excluding hydrogens is 373 g/mol. The van der Waals surface area contributed by atoms with Gasteiger partial charge in [0, 0.05) is 6.42 Å². The van der Waals surface area contributed by atoms with Crippen LogP contribution in [0.2, 0.25) is 0 Å². The van der Waals surface area contributed by atoms with Gasteiger partial charge in [-0.3, -0.25) is 4.79 Å². The highest BCUT2D eigenvalue weighted by molar-refractivity contribution is 5.85. The normalized spacial score (nSPS) is 12.0. The standard InChI is InChI=1S/C20H17F3N2O3/c1-28-19(27)17(11-14-4-2-3-5-15(14)12-24)25-18(26)10-13-6-8-16(9-7-13)20(21,22)23/h2-9,17H,10-11H2,1H3,(H,25,26)/t17-/m1/s1. The Morgan fingerprint density at radius 1 is 1.14 bits per heavy atom. The van der Waals surface area contributed by atoms with E-state index in [1.54, 1.807) is 24.3 Å². The van der Waals surface area contributed by atoms with Crippen LogP contribution in [0.25, 0.3) is 0 Å². The van der Waals surface area contributed by atoms with Crippen molar-refractivity contribution in [3.05, 3.63) is 70.8 Å². The van der Waals surface area contributed by atoms with Gasteiger partial charge in [-0.25, -0.2) is 4.79 Å². The number of esters is 1. The maximum atomic E-state index is 12.6. The van der Waals surface area contributed by atoms with Gasteiger partial charge in [0.15, 0.2) is 0 Å². The number of hydrogen-bond acceptors (Lipinski definition) is 4. The number of methoxy groups -OCH3 is 1. The average molecular weight is 390 g/mol. The van der Waals surface area contributed by atoms with Crippen LogP contribution in [0.15, 0.2) is 48.5 Å². The van der Waals surface area contributed by atoms with Crippen LogP contribution < -0.4 is 5.32 Å². The summed E-state index contributed by atoms with van der Waals surface area (Å²) in [6, 6.07) is 11.8. The lowest BCUT2D eigenvalue weighted by Gasteiger charge is -2.17. The van der Waals surface area contributed by atoms with Crippen molar-refractivity contribution in [3.63, 3.8) is 0 Å². The van der Waals surface area contributed by atoms with Crippen LogP contribution in [0.1, 0.15) is 22.3 Å². The summed E-state index contributed by atoms with van der Waals surface area (Å²) < 4.78 is 42.5. The maximum absolute atomic E-state index is 12.6. The second kappa shape index (κ2) is 9.04. The maximum Gasteiger partial charge on any atom is 0.416 e. The predicted molar refractivity (Wildman–Crippen MR) is 94.0 cm³/mol. The number of carbonyl (C=O) groups is 2. The Bertz CT molecular complexity index is 887. The molecule has 1 N–H and O–H groups in total. The fourth-order valence-corrected chi connectivity index (χ4v) is 2.61. The molecule has 1 atom stereocenters. The molecule has 28 heavy (non-hydrogen) atoms. The molecule has 0 aromatic heterocycles. The first-order valence-electron chi connectivity index (χ1n) is 8.26. The highest BCUT2D eigenvalue weighted by Crippen LogP contribution is 2.29. The molecule has 0 spiro atoms. The second-order valence-corrected chi connectivity index (χ2v) is 5.99. The molecule has 8 heteroatoms. The van der Waals surface area contributed by atoms with E-state index >= 15 is 0 Å². The summed E-state index contributed by atoms with van der Waals surface area (Å²) in [5, 5.41) is 11.7. The smallest absolute Gasteiger partial charge is 0.416 e. The van der Waals surface area contributed by atoms with Crippen LogP contribution in [0, 0.1) is 11.3 Å². The van der Waals surface area contributed by atoms with Crippen molar-refractivity contribution in [1.82, 2.24) is 5.32 Å². The molecule has 0 heterocycles. The first-order chi connectivity index (χ1) is 13.2. The number of benzene rings is 2. The number of nitrogens with one attached hydrogen (secondary N) is 1. The van der Waals surface area contributed by atoms with Crippen molar-refractivity contribution in [2.45, 2.75) is 25.1 Å². The Morgan fingerprint density at radius 3 is 2.36 bits per heavy atom. The van der Waals surface area contributed by atoms with Crippen molar-refractivity contribution in [2.75, 3.05) is 7.11 Å². The third kappa shape index (κ3) is 5.58. The summed E-state index contributed by atoms with van der Waals surface area (Å²) in [5.41, 5.74) is 0.493. The average Bonchev–Trinajstić information content (AvgIpc) is 2.67. The number of amides is 1. The van der Waals surface area contributed by atoms with Gasteiger partial charge in [0.1, 0.15) is 6.04 Å². The van der Waals surface area contributed by atoms with Gasteiger partial charge in [0.2, 0.25) is 5.91 Å². The summed E-state index contributed by atoms with van der Waals surface area (Å²) in [6.07, 6.45) is -4.61. The number of halogens is 3. The third-order valence-electron chi connectivity index (χ3n) is 4.03. The van der Waals surface area contributed by atoms with E-state index in [4.69, 9.17) is 10.00 Å². The fourth-order valence-electron chi connectivity index (χ4n) is 2.61. The molecule has 2 aromatic carbocycles. The van der Waals surface area contributed by atoms with Crippen molar-refractivity contribution < 1.29 is 27.5 Å². The molecule has 1 amide bonds. The van der Waals surface area contributed by atoms with Gasteiger partial charge in [-0.15, -0.1) is 0 Å². The fraction of sp³-hybridized carbons (Fsp3) is 0.250. The Hall–Kier alpha value is -3.34. The van der Waals surface area contributed by atoms with Crippen molar-refractivity contribution in [2.24, 2.45) is 0 Å². The lowest BCUT2D eigenvalue weighted by atomic mass is 10.0. The summed E-state index contributed by atoms with van der Waals surface area (Å²) in [4.78, 5) is 24.3. The summed E-state index contributed by atoms with van der Waals surface area (Å²) in [5.74, 6) is -1.24. The Balaban J connectivity index is 2.09. The van der Waals surface area contributed by atoms with E-state index in [-0.39, 0.29) is 12.8 Å². The van der Waals surface area contributed by atoms with Crippen LogP contribution in [0.5, 0.6) is 0 Å². The van der Waals surface area contributed by atoms with Gasteiger partial charge in [-0.2, -0.15) is 18.4 Å². The lowest BCUT2D eigenvalue weighted by Crippen LogP contribution is -2.43. The van der Waals surface area contributed by atoms with Crippen LogP contribution in [0.4, 0.5) is 13.2 Å². The minimum absolute atomic E-state index is 0.0508. The molecule has 0 bridgehead atoms. The Morgan fingerprint density at radius 2 is 1.79 bits per heavy atom. The highest BCUT2D eigenvalue weighted by Gasteiger charge is 2.30. The Kier molecular flexibility index (Phi) is 6.77. The Labute approximate surface area is 159 Å². The first-order valence-corrected chi connectivity index (χ1v) is 8.26. The van der Waals surface area contributed by atoms with Gasteiger partial charge in [0.05, 0.1) is 30.7 Å². The summed E-state index contributed by atoms with van der Waals surface area (Å²) in [7, 11) is 1.17. The van der Waals surface area contributed by atoms with E-state index in [0.29, 0.717) is 16.7 Å². The lowest BCUT2D eigenvalue weighted by molar-refractivity contribution is -0.145. The van der Waals surface area contributed by atoms with E-state index in [2.05, 4.69) is 5.32 Å². The zero-order valence-electron chi connectivity index (χ0n) is 14.9. The number of ether oxygens (including phenoxy) is 1. The molecule has 0 fully saturated rings. The largest absolute Gasteiger partial charge is 0.467 e. The third-order valence-corrected chi connectivity index (χ3v) is 4.03. The quantitative estimate of drug-likeness (QED) is 0.769. The minimum atomic E-state index is -4.45. The molecule has 146 valence electrons. The van der Waals surface area contributed by atoms with Gasteiger partial charge in [0.25, 0.3) is 0 Å². The monoisotopic (exact) mass is 390 g/mol. The number of carbonyl (C=O) groups excluding carboxylic acids is 2. The molecule has 0 aliphatic rings. The topological polar surface area (TPSA) is 79.2 Å². The second-order valence-electron chi connectivity index (χ2n) is 5.99. The van der Waals surface area contributed by atoms with Crippen LogP contribution >= 0.6 is 0 Å². The van der Waals surface area contributed by atoms with E-state index in [1.165, 1.54) is 19.2 Å². The van der Waals surface area contributed by atoms with Crippen LogP contribution in [-0.2, 0) is 33.3 Å². The molecular formula is C20H17F3N2O3. The molecule has 2 aromatic rings. The number of hydrogen-bond donors (Lipinski definition) is 1. The van der Waals surface area contributed by atoms with Gasteiger partial charge >= 0.3 is 12.1 Å². The number of nitrogens with zero attached hydrogens (tertiary/aromatic N) is 1. The molecule has 0 saturated heterocycles. The van der Waals surface area contributed by atoms with Gasteiger partial charge in [-0.1, -0.05) is 30.3 Å². The molecule has 2 rings (SSSR count). The molecule has 0 saturated carbocycles. The van der Waals surface area contributed by atoms with Crippen molar-refractivity contribution in [1.29, 1.82) is 5.26 Å². The van der Waals surface area contributed by atoms with Crippen LogP contribution in [-0.4, -0.2) is 25.0 Å². The van der Waals surface area contributed by atoms with Crippen molar-refractivity contribution >= 4 is 11.9 Å². The van der Waals surface area contributed by atoms with E-state index in [0.717, 1.165) is 12.1 Å².